The van der Waals surface area contributed by atoms with Gasteiger partial charge in [-0.1, -0.05) is 32.6 Å². The minimum absolute atomic E-state index is 0.0365. The van der Waals surface area contributed by atoms with Crippen LogP contribution in [-0.2, 0) is 4.79 Å². The highest BCUT2D eigenvalue weighted by Crippen LogP contribution is 2.60. The minimum Gasteiger partial charge on any atom is -0.481 e. The molecule has 1 N–H and O–H groups in total. The van der Waals surface area contributed by atoms with E-state index in [1.807, 2.05) is 0 Å². The Hall–Kier alpha value is -0.530. The summed E-state index contributed by atoms with van der Waals surface area (Å²) in [7, 11) is 0. The third-order valence-corrected chi connectivity index (χ3v) is 4.37. The number of carboxylic acids is 1. The molecule has 0 aliphatic heterocycles. The Balaban J connectivity index is 1.97. The van der Waals surface area contributed by atoms with E-state index in [0.29, 0.717) is 5.92 Å². The monoisotopic (exact) mass is 196 g/mol. The van der Waals surface area contributed by atoms with Gasteiger partial charge in [-0.05, 0) is 30.6 Å². The highest BCUT2D eigenvalue weighted by Gasteiger charge is 2.58. The van der Waals surface area contributed by atoms with Crippen molar-refractivity contribution in [2.75, 3.05) is 0 Å². The molecule has 2 unspecified atom stereocenters. The van der Waals surface area contributed by atoms with Crippen LogP contribution in [0.4, 0.5) is 0 Å². The van der Waals surface area contributed by atoms with Gasteiger partial charge in [-0.3, -0.25) is 4.79 Å². The van der Waals surface area contributed by atoms with Crippen molar-refractivity contribution in [3.8, 4) is 0 Å². The molecule has 2 nitrogen and oxygen atoms in total. The molecular weight excluding hydrogens is 176 g/mol. The van der Waals surface area contributed by atoms with Crippen molar-refractivity contribution >= 4 is 5.97 Å². The number of carboxylic acid groups (broad SMARTS) is 1. The molecule has 0 bridgehead atoms. The van der Waals surface area contributed by atoms with Gasteiger partial charge < -0.3 is 5.11 Å². The minimum atomic E-state index is -0.572. The fourth-order valence-corrected chi connectivity index (χ4v) is 3.14. The molecule has 2 rings (SSSR count). The average molecular weight is 196 g/mol. The Bertz CT molecular complexity index is 228. The fourth-order valence-electron chi connectivity index (χ4n) is 3.14. The van der Waals surface area contributed by atoms with Crippen LogP contribution in [0.3, 0.4) is 0 Å². The van der Waals surface area contributed by atoms with Gasteiger partial charge in [0, 0.05) is 0 Å². The molecule has 0 heterocycles. The summed E-state index contributed by atoms with van der Waals surface area (Å²) in [4.78, 5) is 10.9. The van der Waals surface area contributed by atoms with E-state index in [2.05, 4.69) is 6.92 Å². The first-order valence-electron chi connectivity index (χ1n) is 5.87. The average Bonchev–Trinajstić information content (AvgIpc) is 2.84. The van der Waals surface area contributed by atoms with Crippen molar-refractivity contribution in [1.82, 2.24) is 0 Å². The summed E-state index contributed by atoms with van der Waals surface area (Å²) in [5, 5.41) is 8.99. The molecule has 0 radical (unpaired) electrons. The van der Waals surface area contributed by atoms with Crippen LogP contribution in [0.25, 0.3) is 0 Å². The summed E-state index contributed by atoms with van der Waals surface area (Å²) in [5.74, 6) is 0.0773. The van der Waals surface area contributed by atoms with E-state index in [1.54, 1.807) is 0 Å². The lowest BCUT2D eigenvalue weighted by molar-refractivity contribution is -0.139. The summed E-state index contributed by atoms with van der Waals surface area (Å²) in [6.45, 7) is 2.18. The lowest BCUT2D eigenvalue weighted by Gasteiger charge is -2.22. The molecule has 0 aromatic carbocycles. The molecule has 2 fully saturated rings. The number of carbonyl (C=O) groups is 1. The third-order valence-electron chi connectivity index (χ3n) is 4.37. The van der Waals surface area contributed by atoms with Crippen molar-refractivity contribution in [2.24, 2.45) is 17.3 Å². The van der Waals surface area contributed by atoms with E-state index in [-0.39, 0.29) is 11.3 Å². The molecule has 2 heteroatoms. The van der Waals surface area contributed by atoms with E-state index in [0.717, 1.165) is 6.42 Å². The van der Waals surface area contributed by atoms with Gasteiger partial charge >= 0.3 is 5.97 Å². The zero-order chi connectivity index (χ0) is 10.2. The van der Waals surface area contributed by atoms with Crippen molar-refractivity contribution in [3.05, 3.63) is 0 Å². The molecule has 0 amide bonds. The molecule has 80 valence electrons. The van der Waals surface area contributed by atoms with Crippen LogP contribution in [0.2, 0.25) is 0 Å². The Morgan fingerprint density at radius 3 is 2.21 bits per heavy atom. The van der Waals surface area contributed by atoms with Crippen LogP contribution in [0, 0.1) is 17.3 Å². The Morgan fingerprint density at radius 2 is 1.79 bits per heavy atom. The van der Waals surface area contributed by atoms with Gasteiger partial charge in [0.15, 0.2) is 0 Å². The van der Waals surface area contributed by atoms with Crippen LogP contribution in [-0.4, -0.2) is 11.1 Å². The Labute approximate surface area is 85.7 Å². The molecule has 2 aliphatic carbocycles. The van der Waals surface area contributed by atoms with Crippen LogP contribution in [0.15, 0.2) is 0 Å². The van der Waals surface area contributed by atoms with Crippen molar-refractivity contribution in [2.45, 2.75) is 51.9 Å². The van der Waals surface area contributed by atoms with Gasteiger partial charge in [-0.2, -0.15) is 0 Å². The quantitative estimate of drug-likeness (QED) is 0.689. The van der Waals surface area contributed by atoms with Crippen molar-refractivity contribution in [3.63, 3.8) is 0 Å². The predicted molar refractivity (Wildman–Crippen MR) is 55.0 cm³/mol. The first-order chi connectivity index (χ1) is 6.64. The summed E-state index contributed by atoms with van der Waals surface area (Å²) in [5.41, 5.74) is 0.149. The highest BCUT2D eigenvalue weighted by atomic mass is 16.4. The third kappa shape index (κ3) is 1.67. The lowest BCUT2D eigenvalue weighted by Crippen LogP contribution is -2.17. The van der Waals surface area contributed by atoms with Crippen LogP contribution in [0.1, 0.15) is 51.9 Å². The maximum atomic E-state index is 10.9. The molecule has 0 spiro atoms. The molecule has 2 saturated carbocycles. The Morgan fingerprint density at radius 1 is 1.21 bits per heavy atom. The van der Waals surface area contributed by atoms with Gasteiger partial charge in [-0.25, -0.2) is 0 Å². The van der Waals surface area contributed by atoms with E-state index in [9.17, 15) is 4.79 Å². The number of hydrogen-bond acceptors (Lipinski definition) is 1. The summed E-state index contributed by atoms with van der Waals surface area (Å²) < 4.78 is 0. The second-order valence-electron chi connectivity index (χ2n) is 5.29. The van der Waals surface area contributed by atoms with E-state index < -0.39 is 5.97 Å². The van der Waals surface area contributed by atoms with Crippen molar-refractivity contribution in [1.29, 1.82) is 0 Å². The Kier molecular flexibility index (Phi) is 2.54. The molecule has 0 aromatic rings. The predicted octanol–water partition coefficient (Wildman–Crippen LogP) is 3.07. The summed E-state index contributed by atoms with van der Waals surface area (Å²) in [6.07, 6.45) is 8.78. The highest BCUT2D eigenvalue weighted by molar-refractivity contribution is 5.74. The van der Waals surface area contributed by atoms with Crippen LogP contribution >= 0.6 is 0 Å². The molecule has 14 heavy (non-hydrogen) atoms. The SMILES string of the molecule is CC1(C2CCCCCC2)CC1C(=O)O. The second-order valence-corrected chi connectivity index (χ2v) is 5.29. The molecular formula is C12H20O2. The molecule has 2 aliphatic rings. The van der Waals surface area contributed by atoms with Crippen LogP contribution < -0.4 is 0 Å². The summed E-state index contributed by atoms with van der Waals surface area (Å²) >= 11 is 0. The van der Waals surface area contributed by atoms with Gasteiger partial charge in [-0.15, -0.1) is 0 Å². The van der Waals surface area contributed by atoms with E-state index in [1.165, 1.54) is 38.5 Å². The van der Waals surface area contributed by atoms with Crippen molar-refractivity contribution < 1.29 is 9.90 Å². The smallest absolute Gasteiger partial charge is 0.307 e. The standard InChI is InChI=1S/C12H20O2/c1-12(8-10(12)11(13)14)9-6-4-2-3-5-7-9/h9-10H,2-8H2,1H3,(H,13,14). The molecule has 0 aromatic heterocycles. The first kappa shape index (κ1) is 10.0. The zero-order valence-corrected chi connectivity index (χ0v) is 8.96. The van der Waals surface area contributed by atoms with E-state index >= 15 is 0 Å². The molecule has 0 saturated heterocycles. The largest absolute Gasteiger partial charge is 0.481 e. The first-order valence-corrected chi connectivity index (χ1v) is 5.87. The van der Waals surface area contributed by atoms with Gasteiger partial charge in [0.2, 0.25) is 0 Å². The topological polar surface area (TPSA) is 37.3 Å². The van der Waals surface area contributed by atoms with Crippen LogP contribution in [0.5, 0.6) is 0 Å². The maximum Gasteiger partial charge on any atom is 0.307 e. The van der Waals surface area contributed by atoms with Gasteiger partial charge in [0.1, 0.15) is 0 Å². The number of rotatable bonds is 2. The second kappa shape index (κ2) is 3.56. The normalized spacial score (nSPS) is 39.1. The zero-order valence-electron chi connectivity index (χ0n) is 8.96. The van der Waals surface area contributed by atoms with E-state index in [4.69, 9.17) is 5.11 Å². The molecule has 2 atom stereocenters. The lowest BCUT2D eigenvalue weighted by atomic mass is 9.83. The van der Waals surface area contributed by atoms with Gasteiger partial charge in [0.05, 0.1) is 5.92 Å². The number of hydrogen-bond donors (Lipinski definition) is 1. The summed E-state index contributed by atoms with van der Waals surface area (Å²) in [6, 6.07) is 0. The number of aliphatic carboxylic acids is 1. The maximum absolute atomic E-state index is 10.9. The van der Waals surface area contributed by atoms with Gasteiger partial charge in [0.25, 0.3) is 0 Å². The fraction of sp³-hybridized carbons (Fsp3) is 0.917.